The smallest absolute Gasteiger partial charge is 0.305 e. The molecule has 3 heteroatoms. The third kappa shape index (κ3) is 14.4. The topological polar surface area (TPSA) is 46.5 Å². The van der Waals surface area contributed by atoms with Crippen LogP contribution in [-0.2, 0) is 9.53 Å². The minimum Gasteiger partial charge on any atom is -0.469 e. The second kappa shape index (κ2) is 15.4. The van der Waals surface area contributed by atoms with Gasteiger partial charge in [0.05, 0.1) is 7.11 Å². The van der Waals surface area contributed by atoms with E-state index in [2.05, 4.69) is 35.0 Å². The highest BCUT2D eigenvalue weighted by molar-refractivity contribution is 5.68. The number of carbonyl (C=O) groups excluding carboxylic acids is 1. The van der Waals surface area contributed by atoms with Crippen molar-refractivity contribution in [2.75, 3.05) is 7.11 Å². The summed E-state index contributed by atoms with van der Waals surface area (Å²) in [6.07, 6.45) is 12.7. The first kappa shape index (κ1) is 20.0. The molecule has 1 atom stereocenters. The van der Waals surface area contributed by atoms with E-state index in [1.54, 1.807) is 6.08 Å². The van der Waals surface area contributed by atoms with E-state index in [1.165, 1.54) is 32.4 Å². The quantitative estimate of drug-likeness (QED) is 0.291. The molecule has 0 spiro atoms. The second-order valence-corrected chi connectivity index (χ2v) is 4.86. The fourth-order valence-corrected chi connectivity index (χ4v) is 1.73. The molecular weight excluding hydrogens is 276 g/mol. The van der Waals surface area contributed by atoms with E-state index in [0.29, 0.717) is 6.42 Å². The Morgan fingerprint density at radius 2 is 1.86 bits per heavy atom. The Kier molecular flexibility index (Phi) is 14.0. The highest BCUT2D eigenvalue weighted by Crippen LogP contribution is 2.09. The molecule has 0 saturated carbocycles. The number of aliphatic hydroxyl groups excluding tert-OH is 1. The number of rotatable bonds is 10. The molecule has 0 rings (SSSR count). The summed E-state index contributed by atoms with van der Waals surface area (Å²) >= 11 is 0. The van der Waals surface area contributed by atoms with Gasteiger partial charge in [0.25, 0.3) is 0 Å². The van der Waals surface area contributed by atoms with Crippen molar-refractivity contribution in [3.05, 3.63) is 24.8 Å². The monoisotopic (exact) mass is 302 g/mol. The van der Waals surface area contributed by atoms with E-state index in [0.717, 1.165) is 25.7 Å². The molecule has 120 valence electrons. The zero-order chi connectivity index (χ0) is 16.5. The Bertz CT molecular complexity index is 455. The van der Waals surface area contributed by atoms with Crippen molar-refractivity contribution in [2.45, 2.75) is 57.5 Å². The summed E-state index contributed by atoms with van der Waals surface area (Å²) < 4.78 is 4.59. The van der Waals surface area contributed by atoms with Crippen molar-refractivity contribution >= 4 is 5.97 Å². The van der Waals surface area contributed by atoms with Crippen LogP contribution in [0.3, 0.4) is 0 Å². The molecular formula is C19H26O3. The second-order valence-electron chi connectivity index (χ2n) is 4.86. The predicted octanol–water partition coefficient (Wildman–Crippen LogP) is 3.39. The van der Waals surface area contributed by atoms with Crippen LogP contribution in [0.2, 0.25) is 0 Å². The minimum absolute atomic E-state index is 0.116. The van der Waals surface area contributed by atoms with Crippen LogP contribution in [0.5, 0.6) is 0 Å². The SMILES string of the molecule is C=C[C@H](O)C#CC#C/C=C\CCCCCCCCC(=O)OC. The van der Waals surface area contributed by atoms with Crippen molar-refractivity contribution in [1.82, 2.24) is 0 Å². The molecule has 0 radical (unpaired) electrons. The van der Waals surface area contributed by atoms with Gasteiger partial charge in [-0.1, -0.05) is 56.3 Å². The maximum Gasteiger partial charge on any atom is 0.305 e. The van der Waals surface area contributed by atoms with E-state index in [9.17, 15) is 4.79 Å². The average molecular weight is 302 g/mol. The van der Waals surface area contributed by atoms with Crippen LogP contribution in [0.25, 0.3) is 0 Å². The lowest BCUT2D eigenvalue weighted by Gasteiger charge is -2.00. The molecule has 3 nitrogen and oxygen atoms in total. The van der Waals surface area contributed by atoms with E-state index < -0.39 is 6.10 Å². The Labute approximate surface area is 134 Å². The summed E-state index contributed by atoms with van der Waals surface area (Å²) in [4.78, 5) is 10.9. The lowest BCUT2D eigenvalue weighted by atomic mass is 10.1. The molecule has 0 bridgehead atoms. The molecule has 0 aliphatic heterocycles. The van der Waals surface area contributed by atoms with Crippen molar-refractivity contribution < 1.29 is 14.6 Å². The molecule has 0 heterocycles. The van der Waals surface area contributed by atoms with E-state index in [1.807, 2.05) is 6.08 Å². The summed E-state index contributed by atoms with van der Waals surface area (Å²) in [5, 5.41) is 9.07. The first-order chi connectivity index (χ1) is 10.7. The van der Waals surface area contributed by atoms with Crippen LogP contribution in [0.4, 0.5) is 0 Å². The van der Waals surface area contributed by atoms with E-state index in [4.69, 9.17) is 5.11 Å². The van der Waals surface area contributed by atoms with Gasteiger partial charge in [0, 0.05) is 6.42 Å². The first-order valence-electron chi connectivity index (χ1n) is 7.74. The third-order valence-corrected chi connectivity index (χ3v) is 3.01. The maximum atomic E-state index is 10.9. The normalized spacial score (nSPS) is 11.0. The number of hydrogen-bond donors (Lipinski definition) is 1. The third-order valence-electron chi connectivity index (χ3n) is 3.01. The number of methoxy groups -OCH3 is 1. The molecule has 0 amide bonds. The highest BCUT2D eigenvalue weighted by Gasteiger charge is 1.98. The molecule has 0 aliphatic rings. The summed E-state index contributed by atoms with van der Waals surface area (Å²) in [6.45, 7) is 3.42. The predicted molar refractivity (Wildman–Crippen MR) is 89.8 cm³/mol. The number of hydrogen-bond acceptors (Lipinski definition) is 3. The number of carbonyl (C=O) groups is 1. The molecule has 0 unspecified atom stereocenters. The largest absolute Gasteiger partial charge is 0.469 e. The van der Waals surface area contributed by atoms with Gasteiger partial charge >= 0.3 is 5.97 Å². The summed E-state index contributed by atoms with van der Waals surface area (Å²) in [7, 11) is 1.43. The van der Waals surface area contributed by atoms with Gasteiger partial charge in [-0.25, -0.2) is 0 Å². The minimum atomic E-state index is -0.800. The fraction of sp³-hybridized carbons (Fsp3) is 0.526. The molecule has 0 aromatic heterocycles. The van der Waals surface area contributed by atoms with Gasteiger partial charge in [0.2, 0.25) is 0 Å². The Morgan fingerprint density at radius 3 is 2.55 bits per heavy atom. The number of aliphatic hydroxyl groups is 1. The van der Waals surface area contributed by atoms with Gasteiger partial charge in [0.1, 0.15) is 6.10 Å². The number of ether oxygens (including phenoxy) is 1. The molecule has 0 saturated heterocycles. The van der Waals surface area contributed by atoms with Crippen molar-refractivity contribution in [2.24, 2.45) is 0 Å². The van der Waals surface area contributed by atoms with E-state index in [-0.39, 0.29) is 5.97 Å². The lowest BCUT2D eigenvalue weighted by Crippen LogP contribution is -1.99. The molecule has 0 aliphatic carbocycles. The molecule has 0 fully saturated rings. The van der Waals surface area contributed by atoms with Crippen LogP contribution in [0.15, 0.2) is 24.8 Å². The molecule has 1 N–H and O–H groups in total. The number of esters is 1. The summed E-state index contributed by atoms with van der Waals surface area (Å²) in [5.74, 6) is 10.4. The fourth-order valence-electron chi connectivity index (χ4n) is 1.73. The van der Waals surface area contributed by atoms with Crippen LogP contribution in [0, 0.1) is 23.7 Å². The zero-order valence-corrected chi connectivity index (χ0v) is 13.4. The van der Waals surface area contributed by atoms with Crippen molar-refractivity contribution in [3.8, 4) is 23.7 Å². The Hall–Kier alpha value is -1.97. The first-order valence-corrected chi connectivity index (χ1v) is 7.74. The van der Waals surface area contributed by atoms with E-state index >= 15 is 0 Å². The number of allylic oxidation sites excluding steroid dienone is 2. The zero-order valence-electron chi connectivity index (χ0n) is 13.4. The van der Waals surface area contributed by atoms with Crippen LogP contribution in [-0.4, -0.2) is 24.3 Å². The average Bonchev–Trinajstić information content (AvgIpc) is 2.54. The van der Waals surface area contributed by atoms with Gasteiger partial charge in [-0.2, -0.15) is 0 Å². The van der Waals surface area contributed by atoms with Crippen LogP contribution < -0.4 is 0 Å². The van der Waals surface area contributed by atoms with Gasteiger partial charge in [-0.15, -0.1) is 0 Å². The van der Waals surface area contributed by atoms with Gasteiger partial charge in [-0.05, 0) is 37.2 Å². The van der Waals surface area contributed by atoms with Crippen molar-refractivity contribution in [3.63, 3.8) is 0 Å². The lowest BCUT2D eigenvalue weighted by molar-refractivity contribution is -0.140. The van der Waals surface area contributed by atoms with Crippen LogP contribution >= 0.6 is 0 Å². The Balaban J connectivity index is 3.44. The summed E-state index contributed by atoms with van der Waals surface area (Å²) in [6, 6.07) is 0. The Morgan fingerprint density at radius 1 is 1.18 bits per heavy atom. The molecule has 0 aromatic rings. The van der Waals surface area contributed by atoms with Crippen LogP contribution in [0.1, 0.15) is 51.4 Å². The van der Waals surface area contributed by atoms with Gasteiger partial charge in [0.15, 0.2) is 0 Å². The molecule has 0 aromatic carbocycles. The van der Waals surface area contributed by atoms with Gasteiger partial charge < -0.3 is 9.84 Å². The maximum absolute atomic E-state index is 10.9. The summed E-state index contributed by atoms with van der Waals surface area (Å²) in [5.41, 5.74) is 0. The van der Waals surface area contributed by atoms with Crippen molar-refractivity contribution in [1.29, 1.82) is 0 Å². The molecule has 22 heavy (non-hydrogen) atoms. The van der Waals surface area contributed by atoms with Gasteiger partial charge in [-0.3, -0.25) is 4.79 Å². The number of unbranched alkanes of at least 4 members (excludes halogenated alkanes) is 6. The standard InChI is InChI=1S/C19H26O3/c1-3-18(20)16-14-12-10-8-6-4-5-7-9-11-13-15-17-19(21)22-2/h3,6,8,18,20H,1,4-5,7,9,11,13,15,17H2,2H3/b8-6-/t18-/m0/s1. The highest BCUT2D eigenvalue weighted by atomic mass is 16.5.